The minimum Gasteiger partial charge on any atom is -0.354 e. The summed E-state index contributed by atoms with van der Waals surface area (Å²) in [4.78, 5) is 29.9. The van der Waals surface area contributed by atoms with E-state index in [0.29, 0.717) is 36.2 Å². The van der Waals surface area contributed by atoms with Crippen LogP contribution in [-0.4, -0.2) is 37.6 Å². The molecule has 3 rings (SSSR count). The Hall–Kier alpha value is -4.20. The molecule has 0 amide bonds. The second-order valence-corrected chi connectivity index (χ2v) is 6.12. The lowest BCUT2D eigenvalue weighted by atomic mass is 10.1. The Morgan fingerprint density at radius 2 is 1.53 bits per heavy atom. The molecule has 2 heterocycles. The van der Waals surface area contributed by atoms with Crippen molar-refractivity contribution in [2.75, 3.05) is 34.6 Å². The van der Waals surface area contributed by atoms with Gasteiger partial charge >= 0.3 is 0 Å². The van der Waals surface area contributed by atoms with Crippen molar-refractivity contribution in [2.45, 2.75) is 13.8 Å². The summed E-state index contributed by atoms with van der Waals surface area (Å²) in [6.07, 6.45) is 0. The van der Waals surface area contributed by atoms with E-state index >= 15 is 0 Å². The molecule has 11 nitrogen and oxygen atoms in total. The molecule has 0 radical (unpaired) electrons. The molecule has 1 aromatic carbocycles. The normalized spacial score (nSPS) is 10.2. The molecule has 4 N–H and O–H groups in total. The van der Waals surface area contributed by atoms with Crippen LogP contribution in [0.25, 0.3) is 11.3 Å². The van der Waals surface area contributed by atoms with Gasteiger partial charge in [0.15, 0.2) is 0 Å². The van der Waals surface area contributed by atoms with Gasteiger partial charge in [-0.2, -0.15) is 20.2 Å². The second kappa shape index (κ2) is 9.33. The van der Waals surface area contributed by atoms with Crippen molar-refractivity contribution >= 4 is 23.8 Å². The fourth-order valence-electron chi connectivity index (χ4n) is 2.64. The highest BCUT2D eigenvalue weighted by molar-refractivity contribution is 5.67. The standard InChI is InChI=1S/C19H22N10O/c1-4-21-16-24-17(22-5-2)26-18(25-16)27-28-19-23-14(12-9-7-6-8-10-12)13(11-20)15(30)29(19)3/h6-10H,4-5H2,1-3H3,(H,23,28)(H3,21,22,24,25,26,27). The highest BCUT2D eigenvalue weighted by atomic mass is 16.1. The molecule has 0 aliphatic carbocycles. The van der Waals surface area contributed by atoms with Crippen LogP contribution in [0.15, 0.2) is 35.1 Å². The summed E-state index contributed by atoms with van der Waals surface area (Å²) in [7, 11) is 1.52. The molecule has 2 aromatic heterocycles. The summed E-state index contributed by atoms with van der Waals surface area (Å²) >= 11 is 0. The Balaban J connectivity index is 1.95. The van der Waals surface area contributed by atoms with Crippen LogP contribution in [-0.2, 0) is 7.05 Å². The van der Waals surface area contributed by atoms with Crippen LogP contribution in [0.5, 0.6) is 0 Å². The number of hydrogen-bond acceptors (Lipinski definition) is 10. The maximum absolute atomic E-state index is 12.7. The predicted molar refractivity (Wildman–Crippen MR) is 115 cm³/mol. The summed E-state index contributed by atoms with van der Waals surface area (Å²) in [6, 6.07) is 11.0. The van der Waals surface area contributed by atoms with E-state index in [0.717, 1.165) is 0 Å². The molecule has 0 saturated heterocycles. The van der Waals surface area contributed by atoms with Gasteiger partial charge in [-0.1, -0.05) is 30.3 Å². The van der Waals surface area contributed by atoms with E-state index < -0.39 is 5.56 Å². The molecular weight excluding hydrogens is 384 g/mol. The van der Waals surface area contributed by atoms with Gasteiger partial charge in [0.2, 0.25) is 23.8 Å². The third-order valence-electron chi connectivity index (χ3n) is 4.04. The number of aromatic nitrogens is 5. The predicted octanol–water partition coefficient (Wildman–Crippen LogP) is 1.81. The third-order valence-corrected chi connectivity index (χ3v) is 4.04. The lowest BCUT2D eigenvalue weighted by Gasteiger charge is -2.14. The fourth-order valence-corrected chi connectivity index (χ4v) is 2.64. The maximum Gasteiger partial charge on any atom is 0.273 e. The number of benzene rings is 1. The highest BCUT2D eigenvalue weighted by Crippen LogP contribution is 2.20. The minimum absolute atomic E-state index is 0.0294. The summed E-state index contributed by atoms with van der Waals surface area (Å²) in [6.45, 7) is 5.16. The first-order valence-electron chi connectivity index (χ1n) is 9.39. The van der Waals surface area contributed by atoms with E-state index in [4.69, 9.17) is 0 Å². The maximum atomic E-state index is 12.7. The SMILES string of the molecule is CCNc1nc(NCC)nc(NNc2nc(-c3ccccc3)c(C#N)c(=O)n2C)n1. The van der Waals surface area contributed by atoms with Crippen LogP contribution in [0.3, 0.4) is 0 Å². The Bertz CT molecular complexity index is 1100. The zero-order valence-corrected chi connectivity index (χ0v) is 16.9. The average Bonchev–Trinajstić information content (AvgIpc) is 2.75. The van der Waals surface area contributed by atoms with Crippen LogP contribution in [0.2, 0.25) is 0 Å². The van der Waals surface area contributed by atoms with Crippen molar-refractivity contribution in [3.05, 3.63) is 46.2 Å². The van der Waals surface area contributed by atoms with Gasteiger partial charge in [-0.15, -0.1) is 0 Å². The summed E-state index contributed by atoms with van der Waals surface area (Å²) in [5.41, 5.74) is 6.17. The molecule has 0 atom stereocenters. The van der Waals surface area contributed by atoms with Gasteiger partial charge in [-0.25, -0.2) is 4.98 Å². The zero-order valence-electron chi connectivity index (χ0n) is 16.9. The van der Waals surface area contributed by atoms with Crippen LogP contribution in [0.4, 0.5) is 23.8 Å². The van der Waals surface area contributed by atoms with Crippen LogP contribution in [0.1, 0.15) is 19.4 Å². The molecule has 0 fully saturated rings. The van der Waals surface area contributed by atoms with Crippen molar-refractivity contribution in [1.29, 1.82) is 5.26 Å². The van der Waals surface area contributed by atoms with Crippen LogP contribution >= 0.6 is 0 Å². The Labute approximate surface area is 173 Å². The first-order valence-corrected chi connectivity index (χ1v) is 9.39. The van der Waals surface area contributed by atoms with Gasteiger partial charge in [0, 0.05) is 25.7 Å². The third kappa shape index (κ3) is 4.44. The van der Waals surface area contributed by atoms with E-state index in [9.17, 15) is 10.1 Å². The smallest absolute Gasteiger partial charge is 0.273 e. The van der Waals surface area contributed by atoms with Gasteiger partial charge in [0.1, 0.15) is 11.6 Å². The average molecular weight is 406 g/mol. The largest absolute Gasteiger partial charge is 0.354 e. The lowest BCUT2D eigenvalue weighted by Crippen LogP contribution is -2.27. The minimum atomic E-state index is -0.465. The number of nitriles is 1. The number of rotatable bonds is 8. The molecule has 0 unspecified atom stereocenters. The van der Waals surface area contributed by atoms with Crippen LogP contribution < -0.4 is 27.0 Å². The summed E-state index contributed by atoms with van der Waals surface area (Å²) in [5, 5.41) is 15.5. The van der Waals surface area contributed by atoms with Crippen molar-refractivity contribution < 1.29 is 0 Å². The number of hydrogen-bond donors (Lipinski definition) is 4. The number of nitrogens with zero attached hydrogens (tertiary/aromatic N) is 6. The van der Waals surface area contributed by atoms with Crippen molar-refractivity contribution in [3.63, 3.8) is 0 Å². The molecule has 0 aliphatic heterocycles. The Morgan fingerprint density at radius 1 is 0.933 bits per heavy atom. The molecular formula is C19H22N10O. The topological polar surface area (TPSA) is 145 Å². The molecule has 30 heavy (non-hydrogen) atoms. The van der Waals surface area contributed by atoms with Crippen LogP contribution in [0, 0.1) is 11.3 Å². The van der Waals surface area contributed by atoms with E-state index in [-0.39, 0.29) is 17.5 Å². The number of hydrazine groups is 1. The molecule has 0 spiro atoms. The van der Waals surface area contributed by atoms with Gasteiger partial charge in [0.25, 0.3) is 5.56 Å². The van der Waals surface area contributed by atoms with Crippen molar-refractivity contribution in [1.82, 2.24) is 24.5 Å². The highest BCUT2D eigenvalue weighted by Gasteiger charge is 2.16. The Morgan fingerprint density at radius 3 is 2.10 bits per heavy atom. The number of nitrogens with one attached hydrogen (secondary N) is 4. The molecule has 0 aliphatic rings. The van der Waals surface area contributed by atoms with E-state index in [1.54, 1.807) is 12.1 Å². The van der Waals surface area contributed by atoms with Gasteiger partial charge in [-0.3, -0.25) is 20.2 Å². The number of anilines is 4. The van der Waals surface area contributed by atoms with Crippen molar-refractivity contribution in [2.24, 2.45) is 7.05 Å². The van der Waals surface area contributed by atoms with E-state index in [1.165, 1.54) is 11.6 Å². The second-order valence-electron chi connectivity index (χ2n) is 6.12. The molecule has 11 heteroatoms. The van der Waals surface area contributed by atoms with Gasteiger partial charge in [0.05, 0.1) is 5.69 Å². The molecule has 3 aromatic rings. The van der Waals surface area contributed by atoms with Crippen molar-refractivity contribution in [3.8, 4) is 17.3 Å². The van der Waals surface area contributed by atoms with E-state index in [1.807, 2.05) is 38.1 Å². The molecule has 0 saturated carbocycles. The monoisotopic (exact) mass is 406 g/mol. The first kappa shape index (κ1) is 20.5. The van der Waals surface area contributed by atoms with Gasteiger partial charge in [-0.05, 0) is 13.8 Å². The fraction of sp³-hybridized carbons (Fsp3) is 0.263. The quantitative estimate of drug-likeness (QED) is 0.408. The first-order chi connectivity index (χ1) is 14.6. The summed E-state index contributed by atoms with van der Waals surface area (Å²) in [5.74, 6) is 1.24. The van der Waals surface area contributed by atoms with E-state index in [2.05, 4.69) is 41.4 Å². The molecule has 154 valence electrons. The zero-order chi connectivity index (χ0) is 21.5. The molecule has 0 bridgehead atoms. The Kier molecular flexibility index (Phi) is 6.39. The lowest BCUT2D eigenvalue weighted by molar-refractivity contribution is 0.828. The summed E-state index contributed by atoms with van der Waals surface area (Å²) < 4.78 is 1.25. The van der Waals surface area contributed by atoms with Gasteiger partial charge < -0.3 is 10.6 Å².